The lowest BCUT2D eigenvalue weighted by Crippen LogP contribution is -2.17. The Morgan fingerprint density at radius 3 is 2.74 bits per heavy atom. The second kappa shape index (κ2) is 7.40. The van der Waals surface area contributed by atoms with Crippen molar-refractivity contribution >= 4 is 29.3 Å². The molecular weight excluding hydrogens is 360 g/mol. The molecule has 8 heteroatoms. The second-order valence-corrected chi connectivity index (χ2v) is 7.47. The van der Waals surface area contributed by atoms with Crippen molar-refractivity contribution < 1.29 is 4.79 Å². The Labute approximate surface area is 161 Å². The zero-order valence-electron chi connectivity index (χ0n) is 14.9. The fourth-order valence-corrected chi connectivity index (χ4v) is 3.48. The highest BCUT2D eigenvalue weighted by molar-refractivity contribution is 7.99. The molecule has 0 spiro atoms. The molecule has 1 aliphatic carbocycles. The van der Waals surface area contributed by atoms with Gasteiger partial charge in [-0.05, 0) is 31.9 Å². The molecule has 0 bridgehead atoms. The van der Waals surface area contributed by atoms with Crippen molar-refractivity contribution in [1.82, 2.24) is 19.7 Å². The largest absolute Gasteiger partial charge is 0.384 e. The maximum Gasteiger partial charge on any atom is 0.236 e. The van der Waals surface area contributed by atoms with Gasteiger partial charge < -0.3 is 11.1 Å². The molecule has 4 rings (SSSR count). The molecule has 3 aromatic rings. The van der Waals surface area contributed by atoms with Crippen molar-refractivity contribution in [2.24, 2.45) is 0 Å². The zero-order valence-corrected chi connectivity index (χ0v) is 15.7. The molecule has 0 radical (unpaired) electrons. The SMILES string of the molecule is Cc1cc(N)nc(SCC(=O)Nc2cc(C3CC3)nn2-c2ccccc2)n1. The first-order valence-corrected chi connectivity index (χ1v) is 9.76. The lowest BCUT2D eigenvalue weighted by molar-refractivity contribution is -0.113. The molecule has 1 amide bonds. The number of nitrogens with one attached hydrogen (secondary N) is 1. The molecule has 1 aliphatic rings. The molecular formula is C19H20N6OS. The number of para-hydroxylation sites is 1. The Bertz CT molecular complexity index is 947. The third-order valence-electron chi connectivity index (χ3n) is 4.18. The summed E-state index contributed by atoms with van der Waals surface area (Å²) in [6, 6.07) is 13.5. The highest BCUT2D eigenvalue weighted by Crippen LogP contribution is 2.40. The van der Waals surface area contributed by atoms with Crippen LogP contribution in [0.3, 0.4) is 0 Å². The summed E-state index contributed by atoms with van der Waals surface area (Å²) in [5.41, 5.74) is 8.46. The lowest BCUT2D eigenvalue weighted by Gasteiger charge is -2.08. The number of aromatic nitrogens is 4. The van der Waals surface area contributed by atoms with Gasteiger partial charge in [-0.2, -0.15) is 5.10 Å². The number of carbonyl (C=O) groups is 1. The quantitative estimate of drug-likeness (QED) is 0.503. The summed E-state index contributed by atoms with van der Waals surface area (Å²) >= 11 is 1.26. The third kappa shape index (κ3) is 4.28. The van der Waals surface area contributed by atoms with Crippen LogP contribution in [0.15, 0.2) is 47.6 Å². The summed E-state index contributed by atoms with van der Waals surface area (Å²) in [6.45, 7) is 1.85. The summed E-state index contributed by atoms with van der Waals surface area (Å²) in [5.74, 6) is 1.65. The molecule has 3 N–H and O–H groups in total. The molecule has 1 saturated carbocycles. The first kappa shape index (κ1) is 17.5. The summed E-state index contributed by atoms with van der Waals surface area (Å²) in [4.78, 5) is 20.9. The summed E-state index contributed by atoms with van der Waals surface area (Å²) in [5, 5.41) is 8.15. The van der Waals surface area contributed by atoms with Crippen LogP contribution in [0.2, 0.25) is 0 Å². The van der Waals surface area contributed by atoms with Gasteiger partial charge in [0.2, 0.25) is 5.91 Å². The van der Waals surface area contributed by atoms with Crippen LogP contribution >= 0.6 is 11.8 Å². The number of carbonyl (C=O) groups excluding carboxylic acids is 1. The highest BCUT2D eigenvalue weighted by atomic mass is 32.2. The van der Waals surface area contributed by atoms with Crippen LogP contribution in [0, 0.1) is 6.92 Å². The second-order valence-electron chi connectivity index (χ2n) is 6.53. The molecule has 2 heterocycles. The van der Waals surface area contributed by atoms with Crippen LogP contribution in [0.25, 0.3) is 5.69 Å². The molecule has 138 valence electrons. The molecule has 0 saturated heterocycles. The smallest absolute Gasteiger partial charge is 0.236 e. The number of nitrogens with two attached hydrogens (primary N) is 1. The topological polar surface area (TPSA) is 98.7 Å². The van der Waals surface area contributed by atoms with E-state index in [0.29, 0.717) is 22.7 Å². The van der Waals surface area contributed by atoms with Crippen LogP contribution in [-0.4, -0.2) is 31.4 Å². The van der Waals surface area contributed by atoms with Gasteiger partial charge in [0, 0.05) is 23.7 Å². The standard InChI is InChI=1S/C19H20N6OS/c1-12-9-16(20)22-19(21-12)27-11-18(26)23-17-10-15(13-7-8-13)24-25(17)14-5-3-2-4-6-14/h2-6,9-10,13H,7-8,11H2,1H3,(H,23,26)(H2,20,21,22). The summed E-state index contributed by atoms with van der Waals surface area (Å²) < 4.78 is 1.79. The maximum absolute atomic E-state index is 12.5. The maximum atomic E-state index is 12.5. The number of rotatable bonds is 6. The number of nitrogens with zero attached hydrogens (tertiary/aromatic N) is 4. The van der Waals surface area contributed by atoms with Crippen molar-refractivity contribution in [2.75, 3.05) is 16.8 Å². The van der Waals surface area contributed by atoms with Gasteiger partial charge in [0.15, 0.2) is 5.16 Å². The van der Waals surface area contributed by atoms with Crippen LogP contribution in [-0.2, 0) is 4.79 Å². The Morgan fingerprint density at radius 1 is 1.26 bits per heavy atom. The Kier molecular flexibility index (Phi) is 4.81. The van der Waals surface area contributed by atoms with E-state index in [1.807, 2.05) is 43.3 Å². The van der Waals surface area contributed by atoms with Gasteiger partial charge >= 0.3 is 0 Å². The molecule has 0 atom stereocenters. The number of nitrogen functional groups attached to an aromatic ring is 1. The Morgan fingerprint density at radius 2 is 2.04 bits per heavy atom. The van der Waals surface area contributed by atoms with Crippen LogP contribution in [0.4, 0.5) is 11.6 Å². The minimum absolute atomic E-state index is 0.136. The number of aryl methyl sites for hydroxylation is 1. The van der Waals surface area contributed by atoms with E-state index in [0.717, 1.165) is 29.9 Å². The number of hydrogen-bond donors (Lipinski definition) is 2. The number of amides is 1. The summed E-state index contributed by atoms with van der Waals surface area (Å²) in [7, 11) is 0. The van der Waals surface area contributed by atoms with Crippen molar-refractivity contribution in [3.63, 3.8) is 0 Å². The van der Waals surface area contributed by atoms with Gasteiger partial charge in [-0.1, -0.05) is 30.0 Å². The molecule has 0 aliphatic heterocycles. The molecule has 2 aromatic heterocycles. The zero-order chi connectivity index (χ0) is 18.8. The highest BCUT2D eigenvalue weighted by Gasteiger charge is 2.28. The van der Waals surface area contributed by atoms with Crippen molar-refractivity contribution in [3.05, 3.63) is 53.9 Å². The van der Waals surface area contributed by atoms with Gasteiger partial charge in [0.05, 0.1) is 17.1 Å². The monoisotopic (exact) mass is 380 g/mol. The molecule has 1 aromatic carbocycles. The Balaban J connectivity index is 1.49. The number of thioether (sulfide) groups is 1. The van der Waals surface area contributed by atoms with E-state index >= 15 is 0 Å². The minimum Gasteiger partial charge on any atom is -0.384 e. The normalized spacial score (nSPS) is 13.5. The predicted molar refractivity (Wildman–Crippen MR) is 106 cm³/mol. The average Bonchev–Trinajstić information content (AvgIpc) is 3.41. The van der Waals surface area contributed by atoms with Gasteiger partial charge in [-0.15, -0.1) is 0 Å². The third-order valence-corrected chi connectivity index (χ3v) is 5.03. The van der Waals surface area contributed by atoms with E-state index in [-0.39, 0.29) is 11.7 Å². The van der Waals surface area contributed by atoms with E-state index < -0.39 is 0 Å². The Hall–Kier alpha value is -2.87. The molecule has 27 heavy (non-hydrogen) atoms. The van der Waals surface area contributed by atoms with E-state index in [1.54, 1.807) is 10.7 Å². The first-order chi connectivity index (χ1) is 13.1. The molecule has 1 fully saturated rings. The van der Waals surface area contributed by atoms with E-state index in [9.17, 15) is 4.79 Å². The fraction of sp³-hybridized carbons (Fsp3) is 0.263. The minimum atomic E-state index is -0.136. The van der Waals surface area contributed by atoms with Gasteiger partial charge in [-0.3, -0.25) is 4.79 Å². The van der Waals surface area contributed by atoms with E-state index in [4.69, 9.17) is 10.8 Å². The van der Waals surface area contributed by atoms with Crippen molar-refractivity contribution in [1.29, 1.82) is 0 Å². The van der Waals surface area contributed by atoms with Crippen molar-refractivity contribution in [2.45, 2.75) is 30.8 Å². The first-order valence-electron chi connectivity index (χ1n) is 8.77. The lowest BCUT2D eigenvalue weighted by atomic mass is 10.3. The van der Waals surface area contributed by atoms with Crippen molar-refractivity contribution in [3.8, 4) is 5.69 Å². The van der Waals surface area contributed by atoms with Gasteiger partial charge in [-0.25, -0.2) is 14.6 Å². The van der Waals surface area contributed by atoms with E-state index in [1.165, 1.54) is 11.8 Å². The fourth-order valence-electron chi connectivity index (χ4n) is 2.77. The summed E-state index contributed by atoms with van der Waals surface area (Å²) in [6.07, 6.45) is 2.31. The average molecular weight is 380 g/mol. The number of anilines is 2. The van der Waals surface area contributed by atoms with Crippen LogP contribution in [0.1, 0.15) is 30.1 Å². The molecule has 7 nitrogen and oxygen atoms in total. The van der Waals surface area contributed by atoms with Crippen LogP contribution in [0.5, 0.6) is 0 Å². The van der Waals surface area contributed by atoms with Crippen LogP contribution < -0.4 is 11.1 Å². The molecule has 0 unspecified atom stereocenters. The number of benzene rings is 1. The van der Waals surface area contributed by atoms with Gasteiger partial charge in [0.1, 0.15) is 11.6 Å². The van der Waals surface area contributed by atoms with E-state index in [2.05, 4.69) is 15.3 Å². The predicted octanol–water partition coefficient (Wildman–Crippen LogP) is 3.16. The number of hydrogen-bond acceptors (Lipinski definition) is 6. The van der Waals surface area contributed by atoms with Gasteiger partial charge in [0.25, 0.3) is 0 Å².